The van der Waals surface area contributed by atoms with Gasteiger partial charge in [-0.1, -0.05) is 11.6 Å². The molecule has 172 valence electrons. The highest BCUT2D eigenvalue weighted by molar-refractivity contribution is 7.89. The molecule has 1 aliphatic heterocycles. The first-order valence-corrected chi connectivity index (χ1v) is 12.0. The predicted octanol–water partition coefficient (Wildman–Crippen LogP) is 3.56. The molecule has 1 fully saturated rings. The van der Waals surface area contributed by atoms with Crippen LogP contribution in [0.1, 0.15) is 30.1 Å². The number of sulfonamides is 1. The summed E-state index contributed by atoms with van der Waals surface area (Å²) in [7, 11) is -2.23. The molecule has 1 atom stereocenters. The lowest BCUT2D eigenvalue weighted by atomic mass is 9.98. The molecule has 1 N–H and O–H groups in total. The van der Waals surface area contributed by atoms with Gasteiger partial charge in [-0.3, -0.25) is 4.79 Å². The molecule has 0 aliphatic carbocycles. The van der Waals surface area contributed by atoms with E-state index in [1.807, 2.05) is 0 Å². The van der Waals surface area contributed by atoms with E-state index in [-0.39, 0.29) is 34.5 Å². The molecule has 8 nitrogen and oxygen atoms in total. The summed E-state index contributed by atoms with van der Waals surface area (Å²) in [5, 5.41) is 2.94. The van der Waals surface area contributed by atoms with Crippen LogP contribution in [0.3, 0.4) is 0 Å². The molecule has 1 saturated heterocycles. The van der Waals surface area contributed by atoms with E-state index in [1.165, 1.54) is 41.7 Å². The maximum atomic E-state index is 13.0. The summed E-state index contributed by atoms with van der Waals surface area (Å²) in [6.45, 7) is 2.36. The van der Waals surface area contributed by atoms with Gasteiger partial charge in [0.25, 0.3) is 0 Å². The maximum Gasteiger partial charge on any atom is 0.338 e. The summed E-state index contributed by atoms with van der Waals surface area (Å²) >= 11 is 6.22. The molecule has 2 aromatic carbocycles. The van der Waals surface area contributed by atoms with Crippen LogP contribution < -0.4 is 10.1 Å². The zero-order valence-corrected chi connectivity index (χ0v) is 19.4. The smallest absolute Gasteiger partial charge is 0.338 e. The topological polar surface area (TPSA) is 102 Å². The molecule has 0 spiro atoms. The molecular weight excluding hydrogens is 456 g/mol. The number of esters is 1. The van der Waals surface area contributed by atoms with Gasteiger partial charge in [0, 0.05) is 13.1 Å². The number of piperidine rings is 1. The Morgan fingerprint density at radius 2 is 1.91 bits per heavy atom. The lowest BCUT2D eigenvalue weighted by molar-refractivity contribution is -0.120. The SMILES string of the molecule is CCOC(=O)c1ccc(NC(=O)[C@@H]2CCCN(S(=O)(=O)c3ccc(OC)cc3)C2)c(Cl)c1. The molecule has 1 heterocycles. The van der Waals surface area contributed by atoms with Gasteiger partial charge in [-0.15, -0.1) is 0 Å². The van der Waals surface area contributed by atoms with Crippen LogP contribution >= 0.6 is 11.6 Å². The van der Waals surface area contributed by atoms with Gasteiger partial charge < -0.3 is 14.8 Å². The van der Waals surface area contributed by atoms with Crippen LogP contribution in [0.2, 0.25) is 5.02 Å². The van der Waals surface area contributed by atoms with Crippen LogP contribution in [0.15, 0.2) is 47.4 Å². The highest BCUT2D eigenvalue weighted by atomic mass is 35.5. The first kappa shape index (κ1) is 24.0. The number of rotatable bonds is 7. The fourth-order valence-corrected chi connectivity index (χ4v) is 5.22. The lowest BCUT2D eigenvalue weighted by Gasteiger charge is -2.31. The summed E-state index contributed by atoms with van der Waals surface area (Å²) in [5.74, 6) is -0.798. The van der Waals surface area contributed by atoms with Crippen molar-refractivity contribution in [1.82, 2.24) is 4.31 Å². The minimum absolute atomic E-state index is 0.0682. The van der Waals surface area contributed by atoms with Gasteiger partial charge in [-0.25, -0.2) is 13.2 Å². The Hall–Kier alpha value is -2.62. The van der Waals surface area contributed by atoms with Crippen molar-refractivity contribution in [1.29, 1.82) is 0 Å². The van der Waals surface area contributed by atoms with E-state index in [2.05, 4.69) is 5.32 Å². The van der Waals surface area contributed by atoms with E-state index < -0.39 is 21.9 Å². The Bertz CT molecular complexity index is 1090. The van der Waals surface area contributed by atoms with E-state index in [9.17, 15) is 18.0 Å². The molecule has 0 aromatic heterocycles. The number of hydrogen-bond acceptors (Lipinski definition) is 6. The maximum absolute atomic E-state index is 13.0. The Morgan fingerprint density at radius 1 is 1.19 bits per heavy atom. The number of carbonyl (C=O) groups is 2. The van der Waals surface area contributed by atoms with Gasteiger partial charge in [-0.2, -0.15) is 4.31 Å². The van der Waals surface area contributed by atoms with Crippen molar-refractivity contribution in [2.24, 2.45) is 5.92 Å². The fourth-order valence-electron chi connectivity index (χ4n) is 3.46. The highest BCUT2D eigenvalue weighted by Crippen LogP contribution is 2.28. The second-order valence-corrected chi connectivity index (χ2v) is 9.63. The summed E-state index contributed by atoms with van der Waals surface area (Å²) in [4.78, 5) is 24.8. The Labute approximate surface area is 192 Å². The molecule has 0 saturated carbocycles. The van der Waals surface area contributed by atoms with Gasteiger partial charge in [0.1, 0.15) is 5.75 Å². The average Bonchev–Trinajstić information content (AvgIpc) is 2.80. The third-order valence-electron chi connectivity index (χ3n) is 5.19. The number of anilines is 1. The van der Waals surface area contributed by atoms with Gasteiger partial charge in [0.2, 0.25) is 15.9 Å². The minimum Gasteiger partial charge on any atom is -0.497 e. The zero-order chi connectivity index (χ0) is 23.3. The average molecular weight is 481 g/mol. The van der Waals surface area contributed by atoms with E-state index >= 15 is 0 Å². The molecule has 3 rings (SSSR count). The highest BCUT2D eigenvalue weighted by Gasteiger charge is 2.33. The summed E-state index contributed by atoms with van der Waals surface area (Å²) in [6, 6.07) is 10.6. The number of nitrogens with zero attached hydrogens (tertiary/aromatic N) is 1. The second-order valence-electron chi connectivity index (χ2n) is 7.28. The third kappa shape index (κ3) is 5.40. The van der Waals surface area contributed by atoms with Crippen molar-refractivity contribution in [3.8, 4) is 5.75 Å². The van der Waals surface area contributed by atoms with Crippen LogP contribution in [0.25, 0.3) is 0 Å². The van der Waals surface area contributed by atoms with Crippen LogP contribution in [0.4, 0.5) is 5.69 Å². The van der Waals surface area contributed by atoms with Crippen molar-refractivity contribution >= 4 is 39.2 Å². The van der Waals surface area contributed by atoms with Crippen LogP contribution in [0.5, 0.6) is 5.75 Å². The van der Waals surface area contributed by atoms with Gasteiger partial charge >= 0.3 is 5.97 Å². The molecule has 0 bridgehead atoms. The molecule has 1 amide bonds. The first-order valence-electron chi connectivity index (χ1n) is 10.2. The molecule has 0 radical (unpaired) electrons. The number of ether oxygens (including phenoxy) is 2. The van der Waals surface area contributed by atoms with E-state index in [4.69, 9.17) is 21.1 Å². The first-order chi connectivity index (χ1) is 15.3. The van der Waals surface area contributed by atoms with Crippen molar-refractivity contribution in [2.75, 3.05) is 32.1 Å². The number of benzene rings is 2. The van der Waals surface area contributed by atoms with Crippen molar-refractivity contribution < 1.29 is 27.5 Å². The monoisotopic (exact) mass is 480 g/mol. The summed E-state index contributed by atoms with van der Waals surface area (Å²) < 4.78 is 37.4. The van der Waals surface area contributed by atoms with Crippen molar-refractivity contribution in [3.05, 3.63) is 53.1 Å². The standard InChI is InChI=1S/C22H25ClN2O6S/c1-3-31-22(27)15-6-11-20(19(23)13-15)24-21(26)16-5-4-12-25(14-16)32(28,29)18-9-7-17(30-2)8-10-18/h6-11,13,16H,3-5,12,14H2,1-2H3,(H,24,26)/t16-/m1/s1. The Kier molecular flexibility index (Phi) is 7.76. The molecule has 0 unspecified atom stereocenters. The number of carbonyl (C=O) groups excluding carboxylic acids is 2. The lowest BCUT2D eigenvalue weighted by Crippen LogP contribution is -2.43. The molecular formula is C22H25ClN2O6S. The number of nitrogens with one attached hydrogen (secondary N) is 1. The van der Waals surface area contributed by atoms with E-state index in [0.29, 0.717) is 30.8 Å². The quantitative estimate of drug-likeness (QED) is 0.608. The van der Waals surface area contributed by atoms with Crippen LogP contribution in [-0.4, -0.2) is 51.4 Å². The second kappa shape index (κ2) is 10.3. The summed E-state index contributed by atoms with van der Waals surface area (Å²) in [6.07, 6.45) is 1.11. The van der Waals surface area contributed by atoms with Crippen molar-refractivity contribution in [2.45, 2.75) is 24.7 Å². The Morgan fingerprint density at radius 3 is 2.53 bits per heavy atom. The number of amides is 1. The molecule has 1 aliphatic rings. The minimum atomic E-state index is -3.73. The van der Waals surface area contributed by atoms with Crippen LogP contribution in [-0.2, 0) is 19.6 Å². The summed E-state index contributed by atoms with van der Waals surface area (Å²) in [5.41, 5.74) is 0.629. The normalized spacial score (nSPS) is 16.9. The molecule has 10 heteroatoms. The Balaban J connectivity index is 1.69. The number of methoxy groups -OCH3 is 1. The van der Waals surface area contributed by atoms with Crippen LogP contribution in [0, 0.1) is 5.92 Å². The fraction of sp³-hybridized carbons (Fsp3) is 0.364. The molecule has 2 aromatic rings. The number of halogens is 1. The predicted molar refractivity (Wildman–Crippen MR) is 121 cm³/mol. The van der Waals surface area contributed by atoms with Crippen molar-refractivity contribution in [3.63, 3.8) is 0 Å². The zero-order valence-electron chi connectivity index (χ0n) is 17.8. The third-order valence-corrected chi connectivity index (χ3v) is 7.38. The van der Waals surface area contributed by atoms with Gasteiger partial charge in [-0.05, 0) is 62.2 Å². The van der Waals surface area contributed by atoms with E-state index in [1.54, 1.807) is 19.1 Å². The van der Waals surface area contributed by atoms with E-state index in [0.717, 1.165) is 0 Å². The number of hydrogen-bond donors (Lipinski definition) is 1. The van der Waals surface area contributed by atoms with Gasteiger partial charge in [0.05, 0.1) is 40.8 Å². The molecule has 32 heavy (non-hydrogen) atoms. The van der Waals surface area contributed by atoms with Gasteiger partial charge in [0.15, 0.2) is 0 Å². The largest absolute Gasteiger partial charge is 0.497 e.